The molecule has 2 unspecified atom stereocenters. The van der Waals surface area contributed by atoms with Crippen LogP contribution in [0.1, 0.15) is 39.5 Å². The van der Waals surface area contributed by atoms with Crippen LogP contribution in [0.3, 0.4) is 0 Å². The van der Waals surface area contributed by atoms with Gasteiger partial charge in [0.05, 0.1) is 18.8 Å². The fourth-order valence-corrected chi connectivity index (χ4v) is 3.99. The Hall–Kier alpha value is -0.160. The van der Waals surface area contributed by atoms with Crippen LogP contribution in [0.2, 0.25) is 0 Å². The van der Waals surface area contributed by atoms with Gasteiger partial charge in [-0.05, 0) is 38.1 Å². The standard InChI is InChI=1S/C16H32N2O2/c1-13-4-6-16(7-5-13,11-17-3)12-18-8-14(2)20-15(9-18)10-19/h13-15,17,19H,4-12H2,1-3H3. The van der Waals surface area contributed by atoms with E-state index in [1.54, 1.807) is 0 Å². The molecule has 118 valence electrons. The van der Waals surface area contributed by atoms with Crippen molar-refractivity contribution in [2.45, 2.75) is 51.7 Å². The normalized spacial score (nSPS) is 39.9. The van der Waals surface area contributed by atoms with E-state index < -0.39 is 0 Å². The first kappa shape index (κ1) is 16.2. The third-order valence-corrected chi connectivity index (χ3v) is 5.05. The molecular weight excluding hydrogens is 252 g/mol. The molecule has 0 bridgehead atoms. The molecule has 0 aromatic carbocycles. The van der Waals surface area contributed by atoms with Gasteiger partial charge >= 0.3 is 0 Å². The van der Waals surface area contributed by atoms with Crippen LogP contribution in [-0.4, -0.2) is 62.0 Å². The first-order valence-electron chi connectivity index (χ1n) is 8.20. The highest BCUT2D eigenvalue weighted by Crippen LogP contribution is 2.39. The molecule has 0 amide bonds. The van der Waals surface area contributed by atoms with Crippen molar-refractivity contribution in [3.63, 3.8) is 0 Å². The lowest BCUT2D eigenvalue weighted by Crippen LogP contribution is -2.53. The molecule has 2 N–H and O–H groups in total. The highest BCUT2D eigenvalue weighted by molar-refractivity contribution is 4.90. The second kappa shape index (κ2) is 7.21. The number of hydrogen-bond donors (Lipinski definition) is 2. The number of ether oxygens (including phenoxy) is 1. The van der Waals surface area contributed by atoms with E-state index in [4.69, 9.17) is 4.74 Å². The van der Waals surface area contributed by atoms with E-state index >= 15 is 0 Å². The van der Waals surface area contributed by atoms with Crippen LogP contribution in [-0.2, 0) is 4.74 Å². The number of rotatable bonds is 5. The van der Waals surface area contributed by atoms with Crippen molar-refractivity contribution in [3.8, 4) is 0 Å². The van der Waals surface area contributed by atoms with Crippen molar-refractivity contribution in [1.29, 1.82) is 0 Å². The van der Waals surface area contributed by atoms with E-state index in [1.165, 1.54) is 25.7 Å². The van der Waals surface area contributed by atoms with Crippen LogP contribution in [0, 0.1) is 11.3 Å². The largest absolute Gasteiger partial charge is 0.394 e. The Labute approximate surface area is 123 Å². The summed E-state index contributed by atoms with van der Waals surface area (Å²) >= 11 is 0. The van der Waals surface area contributed by atoms with Crippen molar-refractivity contribution in [3.05, 3.63) is 0 Å². The van der Waals surface area contributed by atoms with Gasteiger partial charge in [0.25, 0.3) is 0 Å². The maximum absolute atomic E-state index is 9.37. The number of nitrogens with zero attached hydrogens (tertiary/aromatic N) is 1. The second-order valence-electron chi connectivity index (χ2n) is 7.16. The number of aliphatic hydroxyl groups excluding tert-OH is 1. The fourth-order valence-electron chi connectivity index (χ4n) is 3.99. The maximum atomic E-state index is 9.37. The molecule has 2 fully saturated rings. The van der Waals surface area contributed by atoms with E-state index in [0.29, 0.717) is 5.41 Å². The molecule has 1 aliphatic carbocycles. The average molecular weight is 284 g/mol. The fraction of sp³-hybridized carbons (Fsp3) is 1.00. The molecule has 1 heterocycles. The summed E-state index contributed by atoms with van der Waals surface area (Å²) in [5, 5.41) is 12.8. The smallest absolute Gasteiger partial charge is 0.0936 e. The van der Waals surface area contributed by atoms with Gasteiger partial charge in [0.15, 0.2) is 0 Å². The summed E-state index contributed by atoms with van der Waals surface area (Å²) in [5.41, 5.74) is 0.415. The van der Waals surface area contributed by atoms with Crippen molar-refractivity contribution in [2.24, 2.45) is 11.3 Å². The minimum Gasteiger partial charge on any atom is -0.394 e. The molecule has 0 radical (unpaired) electrons. The molecule has 2 aliphatic rings. The first-order valence-corrected chi connectivity index (χ1v) is 8.20. The lowest BCUT2D eigenvalue weighted by Gasteiger charge is -2.45. The quantitative estimate of drug-likeness (QED) is 0.803. The van der Waals surface area contributed by atoms with Crippen LogP contribution in [0.25, 0.3) is 0 Å². The zero-order valence-electron chi connectivity index (χ0n) is 13.4. The number of nitrogens with one attached hydrogen (secondary N) is 1. The summed E-state index contributed by atoms with van der Waals surface area (Å²) in [6, 6.07) is 0. The van der Waals surface area contributed by atoms with Crippen LogP contribution in [0.15, 0.2) is 0 Å². The van der Waals surface area contributed by atoms with Gasteiger partial charge in [0, 0.05) is 26.2 Å². The summed E-state index contributed by atoms with van der Waals surface area (Å²) in [6.07, 6.45) is 5.58. The lowest BCUT2D eigenvalue weighted by molar-refractivity contribution is -0.105. The van der Waals surface area contributed by atoms with Gasteiger partial charge in [-0.15, -0.1) is 0 Å². The molecule has 20 heavy (non-hydrogen) atoms. The molecule has 4 heteroatoms. The van der Waals surface area contributed by atoms with E-state index in [1.807, 2.05) is 0 Å². The van der Waals surface area contributed by atoms with E-state index in [9.17, 15) is 5.11 Å². The third kappa shape index (κ3) is 4.17. The molecule has 2 atom stereocenters. The zero-order chi connectivity index (χ0) is 14.6. The molecule has 1 saturated carbocycles. The first-order chi connectivity index (χ1) is 9.57. The van der Waals surface area contributed by atoms with E-state index in [0.717, 1.165) is 32.1 Å². The van der Waals surface area contributed by atoms with Gasteiger partial charge in [-0.25, -0.2) is 0 Å². The van der Waals surface area contributed by atoms with E-state index in [-0.39, 0.29) is 18.8 Å². The molecule has 2 rings (SSSR count). The number of aliphatic hydroxyl groups is 1. The minimum atomic E-state index is -0.00657. The van der Waals surface area contributed by atoms with Gasteiger partial charge in [0.2, 0.25) is 0 Å². The molecule has 4 nitrogen and oxygen atoms in total. The molecule has 1 saturated heterocycles. The minimum absolute atomic E-state index is 0.00657. The van der Waals surface area contributed by atoms with Gasteiger partial charge in [-0.1, -0.05) is 19.8 Å². The van der Waals surface area contributed by atoms with Gasteiger partial charge in [-0.3, -0.25) is 4.90 Å². The summed E-state index contributed by atoms with van der Waals surface area (Å²) in [6.45, 7) is 8.75. The molecular formula is C16H32N2O2. The maximum Gasteiger partial charge on any atom is 0.0936 e. The average Bonchev–Trinajstić information content (AvgIpc) is 2.42. The molecule has 0 aromatic heterocycles. The summed E-state index contributed by atoms with van der Waals surface area (Å²) in [4.78, 5) is 2.52. The monoisotopic (exact) mass is 284 g/mol. The Morgan fingerprint density at radius 3 is 2.55 bits per heavy atom. The Balaban J connectivity index is 1.96. The summed E-state index contributed by atoms with van der Waals surface area (Å²) in [5.74, 6) is 0.883. The Bertz CT molecular complexity index is 290. The Kier molecular flexibility index (Phi) is 5.84. The highest BCUT2D eigenvalue weighted by atomic mass is 16.5. The predicted octanol–water partition coefficient (Wildman–Crippen LogP) is 1.48. The van der Waals surface area contributed by atoms with Gasteiger partial charge in [-0.2, -0.15) is 0 Å². The van der Waals surface area contributed by atoms with Crippen LogP contribution in [0.4, 0.5) is 0 Å². The van der Waals surface area contributed by atoms with Crippen LogP contribution >= 0.6 is 0 Å². The van der Waals surface area contributed by atoms with Gasteiger partial charge in [0.1, 0.15) is 0 Å². The SMILES string of the molecule is CNCC1(CN2CC(C)OC(CO)C2)CCC(C)CC1. The Morgan fingerprint density at radius 1 is 1.25 bits per heavy atom. The van der Waals surface area contributed by atoms with Crippen molar-refractivity contribution < 1.29 is 9.84 Å². The van der Waals surface area contributed by atoms with Crippen LogP contribution in [0.5, 0.6) is 0 Å². The number of hydrogen-bond acceptors (Lipinski definition) is 4. The molecule has 0 spiro atoms. The van der Waals surface area contributed by atoms with Crippen molar-refractivity contribution in [2.75, 3.05) is 39.8 Å². The summed E-state index contributed by atoms with van der Waals surface area (Å²) in [7, 11) is 2.07. The second-order valence-corrected chi connectivity index (χ2v) is 7.16. The van der Waals surface area contributed by atoms with Gasteiger partial charge < -0.3 is 15.2 Å². The predicted molar refractivity (Wildman–Crippen MR) is 81.9 cm³/mol. The van der Waals surface area contributed by atoms with Crippen LogP contribution < -0.4 is 5.32 Å². The molecule has 1 aliphatic heterocycles. The Morgan fingerprint density at radius 2 is 1.95 bits per heavy atom. The third-order valence-electron chi connectivity index (χ3n) is 5.05. The number of morpholine rings is 1. The van der Waals surface area contributed by atoms with Crippen molar-refractivity contribution in [1.82, 2.24) is 10.2 Å². The van der Waals surface area contributed by atoms with Crippen molar-refractivity contribution >= 4 is 0 Å². The lowest BCUT2D eigenvalue weighted by atomic mass is 9.70. The highest BCUT2D eigenvalue weighted by Gasteiger charge is 2.37. The van der Waals surface area contributed by atoms with E-state index in [2.05, 4.69) is 31.1 Å². The zero-order valence-corrected chi connectivity index (χ0v) is 13.4. The summed E-state index contributed by atoms with van der Waals surface area (Å²) < 4.78 is 5.76. The molecule has 0 aromatic rings. The topological polar surface area (TPSA) is 44.7 Å².